The number of amides is 1. The van der Waals surface area contributed by atoms with Gasteiger partial charge in [0.1, 0.15) is 0 Å². The number of aromatic nitrogens is 3. The quantitative estimate of drug-likeness (QED) is 0.622. The Labute approximate surface area is 168 Å². The van der Waals surface area contributed by atoms with E-state index in [9.17, 15) is 22.4 Å². The summed E-state index contributed by atoms with van der Waals surface area (Å²) in [7, 11) is 0. The highest BCUT2D eigenvalue weighted by molar-refractivity contribution is 6.03. The number of hydrogen-bond donors (Lipinski definition) is 2. The number of nitrogens with one attached hydrogen (secondary N) is 1. The smallest absolute Gasteiger partial charge is 0.475 e. The number of imidazole rings is 1. The number of alkyl halides is 3. The molecule has 2 aromatic heterocycles. The summed E-state index contributed by atoms with van der Waals surface area (Å²) in [6.45, 7) is 3.93. The maximum Gasteiger partial charge on any atom is 0.490 e. The van der Waals surface area contributed by atoms with Gasteiger partial charge in [-0.1, -0.05) is 0 Å². The maximum absolute atomic E-state index is 13.5. The summed E-state index contributed by atoms with van der Waals surface area (Å²) in [6.07, 6.45) is -1.95. The molecule has 7 nitrogen and oxygen atoms in total. The number of carboxylic acids is 1. The lowest BCUT2D eigenvalue weighted by atomic mass is 10.2. The Balaban J connectivity index is 0.000000396. The van der Waals surface area contributed by atoms with Crippen LogP contribution in [0.25, 0.3) is 5.69 Å². The van der Waals surface area contributed by atoms with Crippen molar-refractivity contribution in [2.24, 2.45) is 0 Å². The fraction of sp³-hybridized carbons (Fsp3) is 0.158. The number of carbonyl (C=O) groups excluding carboxylic acids is 1. The first kappa shape index (κ1) is 22.5. The largest absolute Gasteiger partial charge is 0.490 e. The van der Waals surface area contributed by atoms with Gasteiger partial charge in [-0.15, -0.1) is 0 Å². The number of pyridine rings is 1. The van der Waals surface area contributed by atoms with Crippen LogP contribution in [0.2, 0.25) is 0 Å². The van der Waals surface area contributed by atoms with Crippen LogP contribution in [-0.2, 0) is 4.79 Å². The molecule has 2 N–H and O–H groups in total. The van der Waals surface area contributed by atoms with Crippen molar-refractivity contribution in [3.8, 4) is 5.69 Å². The molecular weight excluding hydrogens is 408 g/mol. The first-order valence-electron chi connectivity index (χ1n) is 8.33. The van der Waals surface area contributed by atoms with Crippen LogP contribution in [0.1, 0.15) is 21.9 Å². The van der Waals surface area contributed by atoms with E-state index in [1.807, 2.05) is 30.5 Å². The molecule has 0 aliphatic carbocycles. The summed E-state index contributed by atoms with van der Waals surface area (Å²) in [5.74, 6) is -3.98. The van der Waals surface area contributed by atoms with Crippen molar-refractivity contribution < 1.29 is 32.3 Å². The van der Waals surface area contributed by atoms with Gasteiger partial charge in [0.25, 0.3) is 5.91 Å². The van der Waals surface area contributed by atoms with Crippen LogP contribution in [-0.4, -0.2) is 37.7 Å². The fourth-order valence-corrected chi connectivity index (χ4v) is 2.21. The number of halogens is 4. The van der Waals surface area contributed by atoms with Gasteiger partial charge >= 0.3 is 12.1 Å². The van der Waals surface area contributed by atoms with E-state index in [0.717, 1.165) is 17.1 Å². The Morgan fingerprint density at radius 1 is 1.07 bits per heavy atom. The van der Waals surface area contributed by atoms with Crippen molar-refractivity contribution >= 4 is 17.6 Å². The first-order valence-corrected chi connectivity index (χ1v) is 8.33. The number of rotatable bonds is 3. The van der Waals surface area contributed by atoms with Gasteiger partial charge in [-0.05, 0) is 50.2 Å². The number of anilines is 1. The van der Waals surface area contributed by atoms with E-state index in [2.05, 4.69) is 15.3 Å². The van der Waals surface area contributed by atoms with Crippen LogP contribution in [0.15, 0.2) is 48.9 Å². The Kier molecular flexibility index (Phi) is 6.88. The second-order valence-corrected chi connectivity index (χ2v) is 5.92. The van der Waals surface area contributed by atoms with Crippen molar-refractivity contribution in [2.45, 2.75) is 20.0 Å². The van der Waals surface area contributed by atoms with Crippen LogP contribution in [0.4, 0.5) is 23.2 Å². The molecule has 30 heavy (non-hydrogen) atoms. The van der Waals surface area contributed by atoms with Gasteiger partial charge in [-0.2, -0.15) is 13.2 Å². The summed E-state index contributed by atoms with van der Waals surface area (Å²) in [5, 5.41) is 9.76. The predicted molar refractivity (Wildman–Crippen MR) is 98.9 cm³/mol. The van der Waals surface area contributed by atoms with E-state index in [-0.39, 0.29) is 5.69 Å². The molecule has 0 atom stereocenters. The van der Waals surface area contributed by atoms with E-state index >= 15 is 0 Å². The van der Waals surface area contributed by atoms with Crippen molar-refractivity contribution in [1.29, 1.82) is 0 Å². The zero-order valence-corrected chi connectivity index (χ0v) is 15.7. The highest BCUT2D eigenvalue weighted by Gasteiger charge is 2.38. The van der Waals surface area contributed by atoms with E-state index in [4.69, 9.17) is 9.90 Å². The molecule has 0 saturated carbocycles. The number of benzene rings is 1. The summed E-state index contributed by atoms with van der Waals surface area (Å²) < 4.78 is 47.2. The minimum Gasteiger partial charge on any atom is -0.475 e. The molecule has 3 aromatic rings. The molecule has 2 heterocycles. The number of hydrogen-bond acceptors (Lipinski definition) is 4. The minimum atomic E-state index is -5.08. The Morgan fingerprint density at radius 2 is 1.67 bits per heavy atom. The van der Waals surface area contributed by atoms with E-state index < -0.39 is 23.9 Å². The van der Waals surface area contributed by atoms with E-state index in [1.165, 1.54) is 18.3 Å². The molecule has 0 fully saturated rings. The number of nitrogens with zero attached hydrogens (tertiary/aromatic N) is 3. The number of carbonyl (C=O) groups is 2. The van der Waals surface area contributed by atoms with E-state index in [0.29, 0.717) is 5.69 Å². The second-order valence-electron chi connectivity index (χ2n) is 5.92. The van der Waals surface area contributed by atoms with Crippen LogP contribution in [0, 0.1) is 19.7 Å². The predicted octanol–water partition coefficient (Wildman–Crippen LogP) is 3.91. The van der Waals surface area contributed by atoms with Gasteiger partial charge in [0.15, 0.2) is 11.5 Å². The molecule has 1 amide bonds. The molecule has 0 bridgehead atoms. The highest BCUT2D eigenvalue weighted by Crippen LogP contribution is 2.17. The molecule has 0 saturated heterocycles. The molecule has 158 valence electrons. The van der Waals surface area contributed by atoms with Gasteiger partial charge in [0.2, 0.25) is 0 Å². The number of aryl methyl sites for hydroxylation is 1. The number of aliphatic carboxylic acids is 1. The monoisotopic (exact) mass is 424 g/mol. The van der Waals surface area contributed by atoms with Gasteiger partial charge in [0.05, 0.1) is 12.0 Å². The molecule has 11 heteroatoms. The van der Waals surface area contributed by atoms with Gasteiger partial charge in [-0.25, -0.2) is 19.2 Å². The molecule has 0 radical (unpaired) electrons. The van der Waals surface area contributed by atoms with Gasteiger partial charge in [-0.3, -0.25) is 4.79 Å². The lowest BCUT2D eigenvalue weighted by molar-refractivity contribution is -0.192. The van der Waals surface area contributed by atoms with Crippen LogP contribution in [0.3, 0.4) is 0 Å². The zero-order valence-electron chi connectivity index (χ0n) is 15.7. The maximum atomic E-state index is 13.5. The zero-order chi connectivity index (χ0) is 22.5. The summed E-state index contributed by atoms with van der Waals surface area (Å²) in [4.78, 5) is 28.9. The van der Waals surface area contributed by atoms with Crippen molar-refractivity contribution in [3.63, 3.8) is 0 Å². The summed E-state index contributed by atoms with van der Waals surface area (Å²) in [5.41, 5.74) is 3.30. The van der Waals surface area contributed by atoms with Crippen LogP contribution < -0.4 is 5.32 Å². The molecule has 0 spiro atoms. The van der Waals surface area contributed by atoms with Crippen LogP contribution >= 0.6 is 0 Å². The van der Waals surface area contributed by atoms with Crippen molar-refractivity contribution in [2.75, 3.05) is 5.32 Å². The summed E-state index contributed by atoms with van der Waals surface area (Å²) >= 11 is 0. The lowest BCUT2D eigenvalue weighted by Crippen LogP contribution is -2.21. The molecule has 0 aliphatic rings. The molecule has 3 rings (SSSR count). The Morgan fingerprint density at radius 3 is 2.13 bits per heavy atom. The molecular formula is C19H16F4N4O3. The summed E-state index contributed by atoms with van der Waals surface area (Å²) in [6, 6.07) is 9.87. The van der Waals surface area contributed by atoms with E-state index in [1.54, 1.807) is 18.5 Å². The third-order valence-corrected chi connectivity index (χ3v) is 3.87. The number of carboxylic acid groups (broad SMARTS) is 1. The topological polar surface area (TPSA) is 97.1 Å². The normalized spacial score (nSPS) is 10.7. The average Bonchev–Trinajstić information content (AvgIpc) is 3.01. The van der Waals surface area contributed by atoms with Gasteiger partial charge < -0.3 is 15.0 Å². The van der Waals surface area contributed by atoms with Gasteiger partial charge in [0, 0.05) is 23.3 Å². The average molecular weight is 424 g/mol. The molecule has 0 aliphatic heterocycles. The molecule has 1 aromatic carbocycles. The standard InChI is InChI=1S/C17H15FN4O.C2HF3O2/c1-11-12(2)22(10-20-11)14-7-5-13(6-8-14)21-17(23)16-15(18)4-3-9-19-16;3-2(4,5)1(6)7/h3-10H,1-2H3,(H,21,23);(H,6,7). The SMILES string of the molecule is Cc1ncn(-c2ccc(NC(=O)c3ncccc3F)cc2)c1C.O=C(O)C(F)(F)F. The fourth-order valence-electron chi connectivity index (χ4n) is 2.21. The molecule has 0 unspecified atom stereocenters. The van der Waals surface area contributed by atoms with Crippen LogP contribution in [0.5, 0.6) is 0 Å². The Bertz CT molecular complexity index is 1050. The first-order chi connectivity index (χ1) is 14.0. The second kappa shape index (κ2) is 9.16. The van der Waals surface area contributed by atoms with Crippen molar-refractivity contribution in [3.05, 3.63) is 71.8 Å². The highest BCUT2D eigenvalue weighted by atomic mass is 19.4. The Hall–Kier alpha value is -3.76. The third-order valence-electron chi connectivity index (χ3n) is 3.87. The third kappa shape index (κ3) is 5.63. The van der Waals surface area contributed by atoms with Crippen molar-refractivity contribution in [1.82, 2.24) is 14.5 Å². The minimum absolute atomic E-state index is 0.224. The lowest BCUT2D eigenvalue weighted by Gasteiger charge is -2.08.